The van der Waals surface area contributed by atoms with Gasteiger partial charge in [-0.2, -0.15) is 0 Å². The average molecular weight is 685 g/mol. The Kier molecular flexibility index (Phi) is 43.1. The number of nitrogens with one attached hydrogen (secondary N) is 4. The van der Waals surface area contributed by atoms with Gasteiger partial charge in [0.2, 0.25) is 18.7 Å². The second-order valence-electron chi connectivity index (χ2n) is 11.7. The van der Waals surface area contributed by atoms with Crippen LogP contribution in [0.3, 0.4) is 0 Å². The molecule has 48 heavy (non-hydrogen) atoms. The molecule has 0 radical (unpaired) electrons. The molecule has 0 saturated heterocycles. The standard InChI is InChI=1S/C27H52N4O7.C3H4O.2C3H6/c1-7-26(34)31-11-25(5)15-38-19-27(16-35-12-22(2)8-28-6,17-36-13-23(3)9-29-20-32)18-37-14-24(4)10-30-21-33;1-2-3-4;2*1-3-2/h7,20-25,28H,1,8-19H2,2-6H3,(H,29,32)(H,30,33)(H,31,34);2-3H,1H2;2*3H,1H2,2H3. The van der Waals surface area contributed by atoms with Crippen molar-refractivity contribution in [2.45, 2.75) is 41.5 Å². The average Bonchev–Trinajstić information content (AvgIpc) is 3.06. The predicted molar refractivity (Wildman–Crippen MR) is 196 cm³/mol. The molecule has 280 valence electrons. The van der Waals surface area contributed by atoms with Gasteiger partial charge in [0, 0.05) is 19.6 Å². The van der Waals surface area contributed by atoms with Gasteiger partial charge in [0.1, 0.15) is 6.29 Å². The molecule has 3 amide bonds. The summed E-state index contributed by atoms with van der Waals surface area (Å²) >= 11 is 0. The van der Waals surface area contributed by atoms with Crippen molar-refractivity contribution in [2.24, 2.45) is 29.1 Å². The van der Waals surface area contributed by atoms with Crippen LogP contribution in [0.5, 0.6) is 0 Å². The molecule has 0 spiro atoms. The molecular formula is C36H68N4O8. The van der Waals surface area contributed by atoms with Crippen LogP contribution < -0.4 is 21.3 Å². The number of amides is 3. The van der Waals surface area contributed by atoms with Crippen molar-refractivity contribution in [1.29, 1.82) is 0 Å². The van der Waals surface area contributed by atoms with E-state index in [1.54, 1.807) is 12.2 Å². The molecule has 0 aromatic carbocycles. The minimum absolute atomic E-state index is 0.0962. The zero-order chi connectivity index (χ0) is 37.5. The lowest BCUT2D eigenvalue weighted by atomic mass is 9.91. The second kappa shape index (κ2) is 40.0. The van der Waals surface area contributed by atoms with Crippen molar-refractivity contribution in [3.63, 3.8) is 0 Å². The maximum atomic E-state index is 11.5. The van der Waals surface area contributed by atoms with Crippen LogP contribution in [0.25, 0.3) is 0 Å². The fourth-order valence-corrected chi connectivity index (χ4v) is 3.59. The fraction of sp³-hybridized carbons (Fsp3) is 0.667. The van der Waals surface area contributed by atoms with E-state index < -0.39 is 5.41 Å². The van der Waals surface area contributed by atoms with E-state index in [1.165, 1.54) is 12.2 Å². The Labute approximate surface area is 291 Å². The monoisotopic (exact) mass is 685 g/mol. The molecular weight excluding hydrogens is 616 g/mol. The molecule has 0 aliphatic rings. The van der Waals surface area contributed by atoms with E-state index in [4.69, 9.17) is 23.7 Å². The van der Waals surface area contributed by atoms with Crippen LogP contribution >= 0.6 is 0 Å². The van der Waals surface area contributed by atoms with Gasteiger partial charge >= 0.3 is 0 Å². The van der Waals surface area contributed by atoms with Crippen LogP contribution in [-0.4, -0.2) is 111 Å². The molecule has 0 bridgehead atoms. The number of ether oxygens (including phenoxy) is 4. The molecule has 0 heterocycles. The minimum atomic E-state index is -0.570. The Morgan fingerprint density at radius 3 is 1.23 bits per heavy atom. The summed E-state index contributed by atoms with van der Waals surface area (Å²) in [5, 5.41) is 11.3. The van der Waals surface area contributed by atoms with Crippen LogP contribution in [-0.2, 0) is 38.1 Å². The van der Waals surface area contributed by atoms with Crippen LogP contribution in [0.1, 0.15) is 41.5 Å². The normalized spacial score (nSPS) is 13.6. The Balaban J connectivity index is -0.000000849. The van der Waals surface area contributed by atoms with E-state index in [1.807, 2.05) is 41.7 Å². The third-order valence-corrected chi connectivity index (χ3v) is 5.80. The summed E-state index contributed by atoms with van der Waals surface area (Å²) in [6, 6.07) is 0. The SMILES string of the molecule is C=CC.C=CC.C=CC(=O)NCC(C)COCC(COCC(C)CNC)(COCC(C)CNC=O)COCC(C)CNC=O.C=CC=O. The molecule has 0 aliphatic heterocycles. The summed E-state index contributed by atoms with van der Waals surface area (Å²) < 4.78 is 24.5. The van der Waals surface area contributed by atoms with E-state index in [0.717, 1.165) is 6.54 Å². The summed E-state index contributed by atoms with van der Waals surface area (Å²) in [6.07, 6.45) is 7.95. The lowest BCUT2D eigenvalue weighted by Gasteiger charge is -2.34. The van der Waals surface area contributed by atoms with Crippen LogP contribution in [0.2, 0.25) is 0 Å². The number of hydrogen-bond donors (Lipinski definition) is 4. The van der Waals surface area contributed by atoms with Gasteiger partial charge in [-0.3, -0.25) is 19.2 Å². The highest BCUT2D eigenvalue weighted by atomic mass is 16.5. The van der Waals surface area contributed by atoms with Crippen molar-refractivity contribution >= 4 is 25.0 Å². The highest BCUT2D eigenvalue weighted by Crippen LogP contribution is 2.22. The summed E-state index contributed by atoms with van der Waals surface area (Å²) in [7, 11) is 1.91. The number of carbonyl (C=O) groups is 4. The molecule has 0 aromatic heterocycles. The van der Waals surface area contributed by atoms with Gasteiger partial charge in [-0.05, 0) is 63.3 Å². The molecule has 0 rings (SSSR count). The molecule has 0 aliphatic carbocycles. The summed E-state index contributed by atoms with van der Waals surface area (Å²) in [4.78, 5) is 41.8. The summed E-state index contributed by atoms with van der Waals surface area (Å²) in [5.74, 6) is 0.489. The lowest BCUT2D eigenvalue weighted by molar-refractivity contribution is -0.119. The zero-order valence-corrected chi connectivity index (χ0v) is 30.9. The first-order valence-electron chi connectivity index (χ1n) is 16.4. The van der Waals surface area contributed by atoms with Gasteiger partial charge in [0.05, 0.1) is 58.3 Å². The van der Waals surface area contributed by atoms with Crippen molar-refractivity contribution in [1.82, 2.24) is 21.3 Å². The number of hydrogen-bond acceptors (Lipinski definition) is 9. The summed E-state index contributed by atoms with van der Waals surface area (Å²) in [6.45, 7) is 30.9. The topological polar surface area (TPSA) is 153 Å². The number of aldehydes is 1. The number of carbonyl (C=O) groups excluding carboxylic acids is 4. The number of allylic oxidation sites excluding steroid dienone is 3. The first-order chi connectivity index (χ1) is 23.0. The number of rotatable bonds is 28. The zero-order valence-electron chi connectivity index (χ0n) is 30.9. The second-order valence-corrected chi connectivity index (χ2v) is 11.7. The van der Waals surface area contributed by atoms with E-state index >= 15 is 0 Å². The smallest absolute Gasteiger partial charge is 0.243 e. The Morgan fingerprint density at radius 2 is 0.958 bits per heavy atom. The van der Waals surface area contributed by atoms with Gasteiger partial charge in [0.15, 0.2) is 0 Å². The Hall–Kier alpha value is -3.16. The van der Waals surface area contributed by atoms with Crippen molar-refractivity contribution < 1.29 is 38.1 Å². The third kappa shape index (κ3) is 39.0. The molecule has 0 fully saturated rings. The maximum Gasteiger partial charge on any atom is 0.243 e. The molecule has 4 N–H and O–H groups in total. The highest BCUT2D eigenvalue weighted by Gasteiger charge is 2.33. The minimum Gasteiger partial charge on any atom is -0.380 e. The van der Waals surface area contributed by atoms with Crippen molar-refractivity contribution in [3.05, 3.63) is 50.6 Å². The van der Waals surface area contributed by atoms with E-state index in [2.05, 4.69) is 54.5 Å². The van der Waals surface area contributed by atoms with E-state index in [9.17, 15) is 14.4 Å². The van der Waals surface area contributed by atoms with Gasteiger partial charge in [0.25, 0.3) is 0 Å². The molecule has 4 unspecified atom stereocenters. The quantitative estimate of drug-likeness (QED) is 0.0552. The fourth-order valence-electron chi connectivity index (χ4n) is 3.59. The highest BCUT2D eigenvalue weighted by molar-refractivity contribution is 5.86. The van der Waals surface area contributed by atoms with Gasteiger partial charge < -0.3 is 40.2 Å². The maximum absolute atomic E-state index is 11.5. The van der Waals surface area contributed by atoms with E-state index in [0.29, 0.717) is 97.5 Å². The van der Waals surface area contributed by atoms with Crippen LogP contribution in [0.4, 0.5) is 0 Å². The van der Waals surface area contributed by atoms with Gasteiger partial charge in [-0.25, -0.2) is 0 Å². The van der Waals surface area contributed by atoms with E-state index in [-0.39, 0.29) is 23.7 Å². The first-order valence-corrected chi connectivity index (χ1v) is 16.4. The third-order valence-electron chi connectivity index (χ3n) is 5.80. The molecule has 0 aromatic rings. The molecule has 12 heteroatoms. The van der Waals surface area contributed by atoms with Crippen molar-refractivity contribution in [3.8, 4) is 0 Å². The van der Waals surface area contributed by atoms with Gasteiger partial charge in [-0.15, -0.1) is 13.2 Å². The first kappa shape index (κ1) is 51.7. The molecule has 12 nitrogen and oxygen atoms in total. The molecule has 4 atom stereocenters. The Bertz CT molecular complexity index is 777. The van der Waals surface area contributed by atoms with Crippen LogP contribution in [0, 0.1) is 29.1 Å². The predicted octanol–water partition coefficient (Wildman–Crippen LogP) is 3.35. The lowest BCUT2D eigenvalue weighted by Crippen LogP contribution is -2.43. The van der Waals surface area contributed by atoms with Crippen molar-refractivity contribution in [2.75, 3.05) is 86.1 Å². The molecule has 0 saturated carbocycles. The van der Waals surface area contributed by atoms with Crippen LogP contribution in [0.15, 0.2) is 50.6 Å². The van der Waals surface area contributed by atoms with Gasteiger partial charge in [-0.1, -0.05) is 53.0 Å². The Morgan fingerprint density at radius 1 is 0.646 bits per heavy atom. The largest absolute Gasteiger partial charge is 0.380 e. The summed E-state index contributed by atoms with van der Waals surface area (Å²) in [5.41, 5.74) is -0.570.